The molecule has 0 unspecified atom stereocenters. The van der Waals surface area contributed by atoms with E-state index in [1.165, 1.54) is 6.07 Å². The van der Waals surface area contributed by atoms with Crippen LogP contribution in [-0.4, -0.2) is 9.55 Å². The predicted octanol–water partition coefficient (Wildman–Crippen LogP) is 3.11. The molecule has 112 valence electrons. The molecular weight excluding hydrogens is 276 g/mol. The van der Waals surface area contributed by atoms with Crippen LogP contribution in [0.25, 0.3) is 16.5 Å². The summed E-state index contributed by atoms with van der Waals surface area (Å²) in [5, 5.41) is 1.65. The van der Waals surface area contributed by atoms with Crippen LogP contribution in [0.15, 0.2) is 52.3 Å². The number of hydrogen-bond acceptors (Lipinski definition) is 2. The highest BCUT2D eigenvalue weighted by molar-refractivity contribution is 5.85. The quantitative estimate of drug-likeness (QED) is 0.789. The minimum absolute atomic E-state index is 0.103. The molecular formula is C18H18N2O2. The number of aryl methyl sites for hydroxylation is 1. The van der Waals surface area contributed by atoms with E-state index in [1.54, 1.807) is 10.8 Å². The first-order chi connectivity index (χ1) is 10.5. The average molecular weight is 294 g/mol. The zero-order valence-electron chi connectivity index (χ0n) is 12.9. The van der Waals surface area contributed by atoms with Crippen LogP contribution in [0.5, 0.6) is 0 Å². The summed E-state index contributed by atoms with van der Waals surface area (Å²) >= 11 is 0. The molecule has 0 aliphatic heterocycles. The fourth-order valence-corrected chi connectivity index (χ4v) is 2.75. The van der Waals surface area contributed by atoms with Crippen LogP contribution in [0.4, 0.5) is 0 Å². The van der Waals surface area contributed by atoms with Gasteiger partial charge < -0.3 is 4.98 Å². The highest BCUT2D eigenvalue weighted by Crippen LogP contribution is 2.24. The lowest BCUT2D eigenvalue weighted by molar-refractivity contribution is 0.846. The Morgan fingerprint density at radius 1 is 1.09 bits per heavy atom. The van der Waals surface area contributed by atoms with E-state index in [1.807, 2.05) is 37.4 Å². The van der Waals surface area contributed by atoms with Gasteiger partial charge in [0.15, 0.2) is 0 Å². The lowest BCUT2D eigenvalue weighted by Gasteiger charge is -2.15. The first kappa shape index (κ1) is 14.3. The third-order valence-corrected chi connectivity index (χ3v) is 3.94. The summed E-state index contributed by atoms with van der Waals surface area (Å²) < 4.78 is 1.59. The molecule has 0 fully saturated rings. The van der Waals surface area contributed by atoms with Crippen molar-refractivity contribution in [2.45, 2.75) is 26.7 Å². The van der Waals surface area contributed by atoms with Crippen molar-refractivity contribution in [1.29, 1.82) is 0 Å². The SMILES string of the molecule is Cc1c[nH]c(=O)cc1-n1cc(C(C)C)c2ccccc2c1=O. The maximum absolute atomic E-state index is 12.8. The number of fused-ring (bicyclic) bond motifs is 1. The predicted molar refractivity (Wildman–Crippen MR) is 89.0 cm³/mol. The number of benzene rings is 1. The molecule has 1 aromatic carbocycles. The summed E-state index contributed by atoms with van der Waals surface area (Å²) in [7, 11) is 0. The Labute approximate surface area is 128 Å². The average Bonchev–Trinajstić information content (AvgIpc) is 2.50. The van der Waals surface area contributed by atoms with Gasteiger partial charge in [-0.05, 0) is 35.4 Å². The van der Waals surface area contributed by atoms with Crippen LogP contribution < -0.4 is 11.1 Å². The van der Waals surface area contributed by atoms with Gasteiger partial charge in [0.2, 0.25) is 5.56 Å². The summed E-state index contributed by atoms with van der Waals surface area (Å²) in [5.41, 5.74) is 2.25. The maximum atomic E-state index is 12.8. The van der Waals surface area contributed by atoms with Gasteiger partial charge in [-0.25, -0.2) is 0 Å². The highest BCUT2D eigenvalue weighted by Gasteiger charge is 2.13. The van der Waals surface area contributed by atoms with Crippen molar-refractivity contribution in [2.24, 2.45) is 0 Å². The van der Waals surface area contributed by atoms with E-state index >= 15 is 0 Å². The van der Waals surface area contributed by atoms with E-state index in [9.17, 15) is 9.59 Å². The molecule has 3 rings (SSSR count). The molecule has 2 heterocycles. The van der Waals surface area contributed by atoms with Crippen molar-refractivity contribution in [3.8, 4) is 5.69 Å². The first-order valence-electron chi connectivity index (χ1n) is 7.33. The third-order valence-electron chi connectivity index (χ3n) is 3.94. The summed E-state index contributed by atoms with van der Waals surface area (Å²) in [6, 6.07) is 9.08. The van der Waals surface area contributed by atoms with E-state index in [-0.39, 0.29) is 17.0 Å². The molecule has 0 atom stereocenters. The van der Waals surface area contributed by atoms with E-state index < -0.39 is 0 Å². The van der Waals surface area contributed by atoms with Crippen LogP contribution >= 0.6 is 0 Å². The molecule has 22 heavy (non-hydrogen) atoms. The Morgan fingerprint density at radius 3 is 2.45 bits per heavy atom. The molecule has 0 amide bonds. The summed E-state index contributed by atoms with van der Waals surface area (Å²) in [6.07, 6.45) is 3.49. The van der Waals surface area contributed by atoms with Crippen molar-refractivity contribution >= 4 is 10.8 Å². The second-order valence-electron chi connectivity index (χ2n) is 5.83. The van der Waals surface area contributed by atoms with Crippen molar-refractivity contribution in [1.82, 2.24) is 9.55 Å². The Kier molecular flexibility index (Phi) is 3.45. The van der Waals surface area contributed by atoms with Gasteiger partial charge >= 0.3 is 0 Å². The van der Waals surface area contributed by atoms with Crippen LogP contribution in [0.3, 0.4) is 0 Å². The monoisotopic (exact) mass is 294 g/mol. The van der Waals surface area contributed by atoms with Gasteiger partial charge in [-0.3, -0.25) is 14.2 Å². The normalized spacial score (nSPS) is 11.3. The topological polar surface area (TPSA) is 54.9 Å². The van der Waals surface area contributed by atoms with Crippen molar-refractivity contribution in [3.63, 3.8) is 0 Å². The number of rotatable bonds is 2. The Balaban J connectivity index is 2.45. The molecule has 0 radical (unpaired) electrons. The molecule has 4 nitrogen and oxygen atoms in total. The number of hydrogen-bond donors (Lipinski definition) is 1. The zero-order chi connectivity index (χ0) is 15.9. The lowest BCUT2D eigenvalue weighted by Crippen LogP contribution is -2.22. The molecule has 0 spiro atoms. The second kappa shape index (κ2) is 5.30. The minimum Gasteiger partial charge on any atom is -0.329 e. The van der Waals surface area contributed by atoms with Crippen LogP contribution in [0.1, 0.15) is 30.9 Å². The molecule has 4 heteroatoms. The van der Waals surface area contributed by atoms with Gasteiger partial charge in [-0.15, -0.1) is 0 Å². The minimum atomic E-state index is -0.216. The Bertz CT molecular complexity index is 965. The smallest absolute Gasteiger partial charge is 0.262 e. The van der Waals surface area contributed by atoms with Gasteiger partial charge in [0.1, 0.15) is 0 Å². The zero-order valence-corrected chi connectivity index (χ0v) is 12.9. The van der Waals surface area contributed by atoms with Crippen molar-refractivity contribution in [3.05, 3.63) is 74.6 Å². The van der Waals surface area contributed by atoms with Gasteiger partial charge in [0.25, 0.3) is 5.56 Å². The second-order valence-corrected chi connectivity index (χ2v) is 5.83. The molecule has 1 N–H and O–H groups in total. The summed E-state index contributed by atoms with van der Waals surface area (Å²) in [5.74, 6) is 0.277. The third kappa shape index (κ3) is 2.26. The summed E-state index contributed by atoms with van der Waals surface area (Å²) in [6.45, 7) is 6.07. The fourth-order valence-electron chi connectivity index (χ4n) is 2.75. The van der Waals surface area contributed by atoms with Crippen molar-refractivity contribution in [2.75, 3.05) is 0 Å². The van der Waals surface area contributed by atoms with Crippen LogP contribution in [0.2, 0.25) is 0 Å². The van der Waals surface area contributed by atoms with Gasteiger partial charge in [-0.1, -0.05) is 32.0 Å². The number of pyridine rings is 2. The molecule has 0 aliphatic rings. The molecule has 0 saturated carbocycles. The van der Waals surface area contributed by atoms with E-state index in [2.05, 4.69) is 18.8 Å². The Morgan fingerprint density at radius 2 is 1.77 bits per heavy atom. The van der Waals surface area contributed by atoms with E-state index in [4.69, 9.17) is 0 Å². The van der Waals surface area contributed by atoms with Crippen LogP contribution in [0, 0.1) is 6.92 Å². The standard InChI is InChI=1S/C18H18N2O2/c1-11(2)15-10-20(16-8-17(21)19-9-12(16)3)18(22)14-7-5-4-6-13(14)15/h4-11H,1-3H3,(H,19,21). The maximum Gasteiger partial charge on any atom is 0.262 e. The number of aromatic amines is 1. The number of nitrogens with one attached hydrogen (secondary N) is 1. The first-order valence-corrected chi connectivity index (χ1v) is 7.33. The van der Waals surface area contributed by atoms with E-state index in [0.717, 1.165) is 16.5 Å². The van der Waals surface area contributed by atoms with Crippen LogP contribution in [-0.2, 0) is 0 Å². The number of nitrogens with zero attached hydrogens (tertiary/aromatic N) is 1. The van der Waals surface area contributed by atoms with E-state index in [0.29, 0.717) is 11.1 Å². The van der Waals surface area contributed by atoms with Crippen molar-refractivity contribution < 1.29 is 0 Å². The number of aromatic nitrogens is 2. The Hall–Kier alpha value is -2.62. The van der Waals surface area contributed by atoms with Gasteiger partial charge in [0.05, 0.1) is 5.69 Å². The van der Waals surface area contributed by atoms with Gasteiger partial charge in [0, 0.05) is 23.8 Å². The highest BCUT2D eigenvalue weighted by atomic mass is 16.1. The van der Waals surface area contributed by atoms with Gasteiger partial charge in [-0.2, -0.15) is 0 Å². The molecule has 2 aromatic heterocycles. The summed E-state index contributed by atoms with van der Waals surface area (Å²) in [4.78, 5) is 27.1. The number of H-pyrrole nitrogens is 1. The molecule has 0 bridgehead atoms. The molecule has 3 aromatic rings. The molecule has 0 saturated heterocycles. The fraction of sp³-hybridized carbons (Fsp3) is 0.222. The largest absolute Gasteiger partial charge is 0.329 e. The molecule has 0 aliphatic carbocycles. The lowest BCUT2D eigenvalue weighted by atomic mass is 9.98.